The van der Waals surface area contributed by atoms with Gasteiger partial charge in [0.05, 0.1) is 6.20 Å². The standard InChI is InChI=1S/C6H8N2O/c1-2-3-6-7-4-5-8(6)9/h2,4-5,9H,1,3H2. The second-order valence-corrected chi connectivity index (χ2v) is 1.68. The molecule has 1 rings (SSSR count). The molecule has 1 heterocycles. The van der Waals surface area contributed by atoms with Crippen LogP contribution in [0.5, 0.6) is 0 Å². The molecule has 0 fully saturated rings. The van der Waals surface area contributed by atoms with Crippen molar-refractivity contribution in [2.24, 2.45) is 0 Å². The molecule has 0 saturated heterocycles. The molecule has 0 unspecified atom stereocenters. The Morgan fingerprint density at radius 3 is 3.11 bits per heavy atom. The number of nitrogens with zero attached hydrogens (tertiary/aromatic N) is 2. The Morgan fingerprint density at radius 2 is 2.67 bits per heavy atom. The lowest BCUT2D eigenvalue weighted by Crippen LogP contribution is -1.95. The highest BCUT2D eigenvalue weighted by atomic mass is 16.5. The lowest BCUT2D eigenvalue weighted by molar-refractivity contribution is 0.177. The third-order valence-corrected chi connectivity index (χ3v) is 1.02. The fraction of sp³-hybridized carbons (Fsp3) is 0.167. The largest absolute Gasteiger partial charge is 0.427 e. The van der Waals surface area contributed by atoms with Crippen LogP contribution in [0.2, 0.25) is 0 Å². The predicted molar refractivity (Wildman–Crippen MR) is 33.3 cm³/mol. The van der Waals surface area contributed by atoms with Crippen LogP contribution in [-0.4, -0.2) is 14.9 Å². The maximum Gasteiger partial charge on any atom is 0.148 e. The first-order valence-corrected chi connectivity index (χ1v) is 2.67. The van der Waals surface area contributed by atoms with Crippen LogP contribution < -0.4 is 0 Å². The molecular weight excluding hydrogens is 116 g/mol. The van der Waals surface area contributed by atoms with E-state index in [-0.39, 0.29) is 0 Å². The summed E-state index contributed by atoms with van der Waals surface area (Å²) in [6.45, 7) is 3.51. The van der Waals surface area contributed by atoms with Crippen molar-refractivity contribution in [2.45, 2.75) is 6.42 Å². The summed E-state index contributed by atoms with van der Waals surface area (Å²) in [6.07, 6.45) is 5.32. The summed E-state index contributed by atoms with van der Waals surface area (Å²) in [5, 5.41) is 8.89. The summed E-state index contributed by atoms with van der Waals surface area (Å²) in [6, 6.07) is 0. The number of aromatic nitrogens is 2. The highest BCUT2D eigenvalue weighted by Crippen LogP contribution is 1.93. The Balaban J connectivity index is 2.80. The van der Waals surface area contributed by atoms with Crippen LogP contribution in [0.1, 0.15) is 5.82 Å². The molecule has 0 atom stereocenters. The maximum absolute atomic E-state index is 8.89. The van der Waals surface area contributed by atoms with Crippen molar-refractivity contribution >= 4 is 0 Å². The smallest absolute Gasteiger partial charge is 0.148 e. The fourth-order valence-electron chi connectivity index (χ4n) is 0.603. The number of allylic oxidation sites excluding steroid dienone is 1. The van der Waals surface area contributed by atoms with Gasteiger partial charge in [0.2, 0.25) is 0 Å². The SMILES string of the molecule is C=CCc1nccn1O. The van der Waals surface area contributed by atoms with Crippen LogP contribution in [0.3, 0.4) is 0 Å². The number of hydrogen-bond acceptors (Lipinski definition) is 2. The van der Waals surface area contributed by atoms with Crippen molar-refractivity contribution in [2.75, 3.05) is 0 Å². The van der Waals surface area contributed by atoms with E-state index < -0.39 is 0 Å². The van der Waals surface area contributed by atoms with Crippen molar-refractivity contribution in [1.29, 1.82) is 0 Å². The van der Waals surface area contributed by atoms with Gasteiger partial charge in [-0.2, -0.15) is 4.73 Å². The summed E-state index contributed by atoms with van der Waals surface area (Å²) in [7, 11) is 0. The van der Waals surface area contributed by atoms with Crippen LogP contribution in [0.4, 0.5) is 0 Å². The summed E-state index contributed by atoms with van der Waals surface area (Å²) >= 11 is 0. The van der Waals surface area contributed by atoms with Crippen LogP contribution in [0.25, 0.3) is 0 Å². The van der Waals surface area contributed by atoms with Gasteiger partial charge in [-0.1, -0.05) is 6.08 Å². The quantitative estimate of drug-likeness (QED) is 0.468. The summed E-state index contributed by atoms with van der Waals surface area (Å²) in [5.41, 5.74) is 0. The lowest BCUT2D eigenvalue weighted by Gasteiger charge is -1.92. The molecule has 1 aromatic rings. The molecule has 3 nitrogen and oxygen atoms in total. The average molecular weight is 124 g/mol. The second kappa shape index (κ2) is 2.35. The highest BCUT2D eigenvalue weighted by Gasteiger charge is 1.94. The lowest BCUT2D eigenvalue weighted by atomic mass is 10.4. The van der Waals surface area contributed by atoms with Gasteiger partial charge in [-0.15, -0.1) is 6.58 Å². The second-order valence-electron chi connectivity index (χ2n) is 1.68. The van der Waals surface area contributed by atoms with Crippen LogP contribution in [0.15, 0.2) is 25.0 Å². The molecule has 0 aliphatic carbocycles. The number of rotatable bonds is 2. The minimum absolute atomic E-state index is 0.601. The van der Waals surface area contributed by atoms with Crippen molar-refractivity contribution < 1.29 is 5.21 Å². The van der Waals surface area contributed by atoms with Gasteiger partial charge in [0.15, 0.2) is 0 Å². The van der Waals surface area contributed by atoms with E-state index in [1.165, 1.54) is 6.20 Å². The molecule has 1 N–H and O–H groups in total. The molecule has 0 aromatic carbocycles. The first kappa shape index (κ1) is 5.88. The third kappa shape index (κ3) is 1.10. The zero-order valence-electron chi connectivity index (χ0n) is 4.99. The van der Waals surface area contributed by atoms with E-state index >= 15 is 0 Å². The molecular formula is C6H8N2O. The Labute approximate surface area is 53.2 Å². The summed E-state index contributed by atoms with van der Waals surface area (Å²) in [4.78, 5) is 3.85. The van der Waals surface area contributed by atoms with Gasteiger partial charge >= 0.3 is 0 Å². The molecule has 0 aliphatic heterocycles. The topological polar surface area (TPSA) is 38.0 Å². The van der Waals surface area contributed by atoms with Gasteiger partial charge in [-0.3, -0.25) is 0 Å². The van der Waals surface area contributed by atoms with Crippen molar-refractivity contribution in [3.8, 4) is 0 Å². The molecule has 3 heteroatoms. The van der Waals surface area contributed by atoms with E-state index in [0.29, 0.717) is 12.2 Å². The van der Waals surface area contributed by atoms with E-state index in [0.717, 1.165) is 4.73 Å². The molecule has 0 bridgehead atoms. The first-order valence-electron chi connectivity index (χ1n) is 2.67. The minimum atomic E-state index is 0.601. The molecule has 0 spiro atoms. The normalized spacial score (nSPS) is 9.33. The van der Waals surface area contributed by atoms with Crippen LogP contribution in [0, 0.1) is 0 Å². The molecule has 0 amide bonds. The van der Waals surface area contributed by atoms with Crippen LogP contribution >= 0.6 is 0 Å². The molecule has 0 radical (unpaired) electrons. The Bertz CT molecular complexity index is 205. The van der Waals surface area contributed by atoms with Crippen LogP contribution in [-0.2, 0) is 6.42 Å². The zero-order valence-corrected chi connectivity index (χ0v) is 4.99. The zero-order chi connectivity index (χ0) is 6.69. The summed E-state index contributed by atoms with van der Waals surface area (Å²) in [5.74, 6) is 0.616. The first-order chi connectivity index (χ1) is 4.34. The van der Waals surface area contributed by atoms with Gasteiger partial charge in [-0.05, 0) is 0 Å². The molecule has 0 aliphatic rings. The summed E-state index contributed by atoms with van der Waals surface area (Å²) < 4.78 is 0.988. The Morgan fingerprint density at radius 1 is 1.89 bits per heavy atom. The molecule has 0 saturated carbocycles. The highest BCUT2D eigenvalue weighted by molar-refractivity contribution is 4.94. The van der Waals surface area contributed by atoms with Gasteiger partial charge in [-0.25, -0.2) is 4.98 Å². The molecule has 48 valence electrons. The van der Waals surface area contributed by atoms with Crippen molar-refractivity contribution in [3.05, 3.63) is 30.9 Å². The predicted octanol–water partition coefficient (Wildman–Crippen LogP) is 0.849. The fourth-order valence-corrected chi connectivity index (χ4v) is 0.603. The monoisotopic (exact) mass is 124 g/mol. The van der Waals surface area contributed by atoms with Crippen molar-refractivity contribution in [1.82, 2.24) is 9.71 Å². The van der Waals surface area contributed by atoms with E-state index in [1.54, 1.807) is 12.3 Å². The van der Waals surface area contributed by atoms with Crippen molar-refractivity contribution in [3.63, 3.8) is 0 Å². The number of hydrogen-bond donors (Lipinski definition) is 1. The van der Waals surface area contributed by atoms with E-state index in [9.17, 15) is 0 Å². The molecule has 1 aromatic heterocycles. The number of imidazole rings is 1. The van der Waals surface area contributed by atoms with E-state index in [2.05, 4.69) is 11.6 Å². The van der Waals surface area contributed by atoms with Gasteiger partial charge < -0.3 is 5.21 Å². The third-order valence-electron chi connectivity index (χ3n) is 1.02. The minimum Gasteiger partial charge on any atom is -0.427 e. The average Bonchev–Trinajstić information content (AvgIpc) is 2.18. The Hall–Kier alpha value is -1.25. The van der Waals surface area contributed by atoms with Gasteiger partial charge in [0.25, 0.3) is 0 Å². The molecule has 9 heavy (non-hydrogen) atoms. The van der Waals surface area contributed by atoms with Gasteiger partial charge in [0, 0.05) is 12.6 Å². The van der Waals surface area contributed by atoms with Gasteiger partial charge in [0.1, 0.15) is 5.82 Å². The van der Waals surface area contributed by atoms with E-state index in [4.69, 9.17) is 5.21 Å². The maximum atomic E-state index is 8.89. The Kier molecular flexibility index (Phi) is 1.53. The van der Waals surface area contributed by atoms with E-state index in [1.807, 2.05) is 0 Å².